The fraction of sp³-hybridized carbons (Fsp3) is 0.467. The minimum atomic E-state index is -0.623. The van der Waals surface area contributed by atoms with Crippen LogP contribution >= 0.6 is 15.9 Å². The molecule has 0 aliphatic heterocycles. The van der Waals surface area contributed by atoms with Crippen molar-refractivity contribution in [2.75, 3.05) is 25.2 Å². The van der Waals surface area contributed by atoms with Crippen LogP contribution in [0.25, 0.3) is 0 Å². The van der Waals surface area contributed by atoms with Crippen molar-refractivity contribution >= 4 is 39.5 Å². The number of amides is 1. The molecule has 0 fully saturated rings. The Morgan fingerprint density at radius 2 is 1.96 bits per heavy atom. The zero-order valence-corrected chi connectivity index (χ0v) is 14.9. The molecule has 23 heavy (non-hydrogen) atoms. The molecule has 7 nitrogen and oxygen atoms in total. The maximum Gasteiger partial charge on any atom is 0.359 e. The highest BCUT2D eigenvalue weighted by Gasteiger charge is 2.23. The van der Waals surface area contributed by atoms with Gasteiger partial charge < -0.3 is 14.4 Å². The van der Waals surface area contributed by atoms with Crippen LogP contribution in [-0.4, -0.2) is 43.1 Å². The van der Waals surface area contributed by atoms with Crippen molar-refractivity contribution in [3.8, 4) is 0 Å². The van der Waals surface area contributed by atoms with E-state index >= 15 is 0 Å². The summed E-state index contributed by atoms with van der Waals surface area (Å²) in [5.74, 6) is -1.75. The average molecular weight is 387 g/mol. The topological polar surface area (TPSA) is 85.8 Å². The molecule has 0 saturated carbocycles. The number of esters is 2. The van der Waals surface area contributed by atoms with Gasteiger partial charge in [-0.1, -0.05) is 6.92 Å². The number of rotatable bonds is 7. The van der Waals surface area contributed by atoms with Gasteiger partial charge in [0, 0.05) is 17.7 Å². The standard InChI is InChI=1S/C15H19BrN2O5/c1-4-6-23-15(21)14-11(7-10(16)9-17-14)18(3)12(19)8-13(20)22-5-2/h7,9H,4-6,8H2,1-3H3. The number of aromatic nitrogens is 1. The Kier molecular flexibility index (Phi) is 7.67. The van der Waals surface area contributed by atoms with Crippen molar-refractivity contribution in [1.29, 1.82) is 0 Å². The van der Waals surface area contributed by atoms with Gasteiger partial charge in [0.2, 0.25) is 5.91 Å². The first-order valence-corrected chi connectivity index (χ1v) is 7.94. The number of halogens is 1. The molecule has 0 radical (unpaired) electrons. The largest absolute Gasteiger partial charge is 0.466 e. The molecule has 1 rings (SSSR count). The summed E-state index contributed by atoms with van der Waals surface area (Å²) in [4.78, 5) is 40.9. The summed E-state index contributed by atoms with van der Waals surface area (Å²) >= 11 is 3.25. The van der Waals surface area contributed by atoms with E-state index in [-0.39, 0.29) is 24.6 Å². The minimum absolute atomic E-state index is 0.0151. The van der Waals surface area contributed by atoms with Gasteiger partial charge in [0.25, 0.3) is 0 Å². The van der Waals surface area contributed by atoms with Crippen LogP contribution in [0.3, 0.4) is 0 Å². The molecular formula is C15H19BrN2O5. The Morgan fingerprint density at radius 1 is 1.26 bits per heavy atom. The third-order valence-electron chi connectivity index (χ3n) is 2.80. The first-order valence-electron chi connectivity index (χ1n) is 7.15. The highest BCUT2D eigenvalue weighted by atomic mass is 79.9. The highest BCUT2D eigenvalue weighted by molar-refractivity contribution is 9.10. The Bertz CT molecular complexity index is 591. The second kappa shape index (κ2) is 9.24. The first kappa shape index (κ1) is 19.1. The maximum absolute atomic E-state index is 12.2. The lowest BCUT2D eigenvalue weighted by atomic mass is 10.2. The second-order valence-corrected chi connectivity index (χ2v) is 5.51. The lowest BCUT2D eigenvalue weighted by Gasteiger charge is -2.19. The van der Waals surface area contributed by atoms with Crippen molar-refractivity contribution in [3.63, 3.8) is 0 Å². The van der Waals surface area contributed by atoms with Gasteiger partial charge >= 0.3 is 11.9 Å². The summed E-state index contributed by atoms with van der Waals surface area (Å²) in [7, 11) is 1.46. The van der Waals surface area contributed by atoms with E-state index in [1.165, 1.54) is 18.1 Å². The van der Waals surface area contributed by atoms with E-state index < -0.39 is 24.3 Å². The fourth-order valence-electron chi connectivity index (χ4n) is 1.69. The Labute approximate surface area is 143 Å². The van der Waals surface area contributed by atoms with Crippen molar-refractivity contribution in [2.24, 2.45) is 0 Å². The number of carbonyl (C=O) groups excluding carboxylic acids is 3. The molecule has 8 heteroatoms. The van der Waals surface area contributed by atoms with E-state index in [2.05, 4.69) is 20.9 Å². The molecule has 1 aromatic heterocycles. The first-order chi connectivity index (χ1) is 10.9. The highest BCUT2D eigenvalue weighted by Crippen LogP contribution is 2.23. The molecular weight excluding hydrogens is 368 g/mol. The van der Waals surface area contributed by atoms with Crippen molar-refractivity contribution in [3.05, 3.63) is 22.4 Å². The van der Waals surface area contributed by atoms with E-state index in [1.807, 2.05) is 6.92 Å². The predicted octanol–water partition coefficient (Wildman–Crippen LogP) is 2.33. The third kappa shape index (κ3) is 5.63. The predicted molar refractivity (Wildman–Crippen MR) is 87.2 cm³/mol. The molecule has 1 amide bonds. The Morgan fingerprint density at radius 3 is 2.57 bits per heavy atom. The van der Waals surface area contributed by atoms with E-state index in [0.29, 0.717) is 10.9 Å². The number of hydrogen-bond donors (Lipinski definition) is 0. The summed E-state index contributed by atoms with van der Waals surface area (Å²) in [6, 6.07) is 1.57. The molecule has 0 N–H and O–H groups in total. The molecule has 0 aliphatic carbocycles. The summed E-state index contributed by atoms with van der Waals surface area (Å²) in [6.45, 7) is 3.99. The van der Waals surface area contributed by atoms with E-state index in [4.69, 9.17) is 9.47 Å². The number of pyridine rings is 1. The van der Waals surface area contributed by atoms with Crippen LogP contribution < -0.4 is 4.90 Å². The van der Waals surface area contributed by atoms with E-state index in [0.717, 1.165) is 0 Å². The Hall–Kier alpha value is -1.96. The monoisotopic (exact) mass is 386 g/mol. The Balaban J connectivity index is 3.00. The van der Waals surface area contributed by atoms with Crippen LogP contribution in [-0.2, 0) is 19.1 Å². The zero-order chi connectivity index (χ0) is 17.4. The van der Waals surface area contributed by atoms with Gasteiger partial charge in [-0.25, -0.2) is 9.78 Å². The van der Waals surface area contributed by atoms with Crippen LogP contribution in [0.4, 0.5) is 5.69 Å². The lowest BCUT2D eigenvalue weighted by molar-refractivity contribution is -0.145. The molecule has 1 aromatic rings. The average Bonchev–Trinajstić information content (AvgIpc) is 2.51. The van der Waals surface area contributed by atoms with Gasteiger partial charge in [-0.3, -0.25) is 9.59 Å². The number of carbonyl (C=O) groups is 3. The molecule has 126 valence electrons. The quantitative estimate of drug-likeness (QED) is 0.527. The van der Waals surface area contributed by atoms with E-state index in [9.17, 15) is 14.4 Å². The molecule has 0 aromatic carbocycles. The smallest absolute Gasteiger partial charge is 0.359 e. The zero-order valence-electron chi connectivity index (χ0n) is 13.3. The molecule has 0 aliphatic rings. The van der Waals surface area contributed by atoms with E-state index in [1.54, 1.807) is 13.0 Å². The van der Waals surface area contributed by atoms with Crippen LogP contribution in [0, 0.1) is 0 Å². The number of ether oxygens (including phenoxy) is 2. The van der Waals surface area contributed by atoms with Crippen molar-refractivity contribution in [1.82, 2.24) is 4.98 Å². The van der Waals surface area contributed by atoms with Gasteiger partial charge in [0.1, 0.15) is 6.42 Å². The molecule has 1 heterocycles. The van der Waals surface area contributed by atoms with Crippen LogP contribution in [0.2, 0.25) is 0 Å². The van der Waals surface area contributed by atoms with Crippen LogP contribution in [0.15, 0.2) is 16.7 Å². The van der Waals surface area contributed by atoms with Gasteiger partial charge in [-0.15, -0.1) is 0 Å². The van der Waals surface area contributed by atoms with Gasteiger partial charge in [-0.05, 0) is 35.3 Å². The molecule has 0 spiro atoms. The fourth-order valence-corrected chi connectivity index (χ4v) is 2.01. The van der Waals surface area contributed by atoms with Gasteiger partial charge in [0.05, 0.1) is 18.9 Å². The lowest BCUT2D eigenvalue weighted by Crippen LogP contribution is -2.31. The van der Waals surface area contributed by atoms with Crippen molar-refractivity contribution < 1.29 is 23.9 Å². The van der Waals surface area contributed by atoms with Gasteiger partial charge in [0.15, 0.2) is 5.69 Å². The molecule has 0 atom stereocenters. The summed E-state index contributed by atoms with van der Waals surface area (Å²) < 4.78 is 10.4. The number of hydrogen-bond acceptors (Lipinski definition) is 6. The summed E-state index contributed by atoms with van der Waals surface area (Å²) in [6.07, 6.45) is 1.70. The van der Waals surface area contributed by atoms with Crippen LogP contribution in [0.5, 0.6) is 0 Å². The second-order valence-electron chi connectivity index (χ2n) is 4.59. The third-order valence-corrected chi connectivity index (χ3v) is 3.23. The summed E-state index contributed by atoms with van der Waals surface area (Å²) in [5, 5.41) is 0. The summed E-state index contributed by atoms with van der Waals surface area (Å²) in [5.41, 5.74) is 0.274. The molecule has 0 bridgehead atoms. The number of anilines is 1. The minimum Gasteiger partial charge on any atom is -0.466 e. The number of nitrogens with zero attached hydrogens (tertiary/aromatic N) is 2. The normalized spacial score (nSPS) is 10.1. The van der Waals surface area contributed by atoms with Gasteiger partial charge in [-0.2, -0.15) is 0 Å². The SMILES string of the molecule is CCCOC(=O)c1ncc(Br)cc1N(C)C(=O)CC(=O)OCC. The molecule has 0 unspecified atom stereocenters. The maximum atomic E-state index is 12.2. The molecule has 0 saturated heterocycles. The van der Waals surface area contributed by atoms with Crippen LogP contribution in [0.1, 0.15) is 37.2 Å². The van der Waals surface area contributed by atoms with Crippen molar-refractivity contribution in [2.45, 2.75) is 26.7 Å².